The Kier molecular flexibility index (Phi) is 25.5. The highest BCUT2D eigenvalue weighted by Gasteiger charge is 1.83. The van der Waals surface area contributed by atoms with Gasteiger partial charge < -0.3 is 0 Å². The standard InChI is InChI=1S/C8H13Br.C3H6.C2H6/c1-4-8(9)6-5-7(2)3;1-3-2;1-2/h4-7H,1-3H3;3H,1H2,2H3;1-2H3/b6-5-,8-4+;;. The zero-order valence-electron chi connectivity index (χ0n) is 10.5. The Bertz CT molecular complexity index is 153. The molecule has 0 nitrogen and oxygen atoms in total. The van der Waals surface area contributed by atoms with Gasteiger partial charge in [-0.25, -0.2) is 0 Å². The first-order chi connectivity index (χ1) is 6.58. The van der Waals surface area contributed by atoms with Gasteiger partial charge in [0, 0.05) is 4.48 Å². The normalized spacial score (nSPS) is 10.1. The lowest BCUT2D eigenvalue weighted by molar-refractivity contribution is 0.832. The fraction of sp³-hybridized carbons (Fsp3) is 0.538. The fourth-order valence-electron chi connectivity index (χ4n) is 0.381. The number of allylic oxidation sites excluding steroid dienone is 5. The average Bonchev–Trinajstić information content (AvgIpc) is 2.18. The van der Waals surface area contributed by atoms with E-state index in [-0.39, 0.29) is 0 Å². The molecular formula is C13H25Br. The Morgan fingerprint density at radius 1 is 1.21 bits per heavy atom. The van der Waals surface area contributed by atoms with Crippen molar-refractivity contribution < 1.29 is 0 Å². The summed E-state index contributed by atoms with van der Waals surface area (Å²) in [5, 5.41) is 0. The molecule has 0 unspecified atom stereocenters. The molecule has 0 atom stereocenters. The summed E-state index contributed by atoms with van der Waals surface area (Å²) in [7, 11) is 0. The lowest BCUT2D eigenvalue weighted by Crippen LogP contribution is -1.75. The molecule has 0 aliphatic rings. The number of rotatable bonds is 2. The van der Waals surface area contributed by atoms with Crippen molar-refractivity contribution in [3.8, 4) is 0 Å². The van der Waals surface area contributed by atoms with Crippen molar-refractivity contribution in [1.29, 1.82) is 0 Å². The molecule has 0 aromatic rings. The Labute approximate surface area is 98.9 Å². The van der Waals surface area contributed by atoms with E-state index in [9.17, 15) is 0 Å². The maximum absolute atomic E-state index is 3.38. The van der Waals surface area contributed by atoms with E-state index < -0.39 is 0 Å². The van der Waals surface area contributed by atoms with Gasteiger partial charge in [0.05, 0.1) is 0 Å². The molecule has 0 aromatic heterocycles. The Balaban J connectivity index is -0.000000205. The van der Waals surface area contributed by atoms with Crippen LogP contribution < -0.4 is 0 Å². The summed E-state index contributed by atoms with van der Waals surface area (Å²) in [6.45, 7) is 15.6. The predicted molar refractivity (Wildman–Crippen MR) is 73.9 cm³/mol. The average molecular weight is 261 g/mol. The molecule has 84 valence electrons. The van der Waals surface area contributed by atoms with Gasteiger partial charge in [0.2, 0.25) is 0 Å². The second-order valence-corrected chi connectivity index (χ2v) is 3.60. The zero-order chi connectivity index (χ0) is 12.0. The van der Waals surface area contributed by atoms with Crippen molar-refractivity contribution in [3.05, 3.63) is 35.4 Å². The van der Waals surface area contributed by atoms with E-state index in [0.29, 0.717) is 5.92 Å². The molecule has 0 saturated carbocycles. The summed E-state index contributed by atoms with van der Waals surface area (Å²) in [4.78, 5) is 0. The van der Waals surface area contributed by atoms with Gasteiger partial charge >= 0.3 is 0 Å². The van der Waals surface area contributed by atoms with Gasteiger partial charge in [-0.15, -0.1) is 6.58 Å². The van der Waals surface area contributed by atoms with Crippen molar-refractivity contribution in [2.45, 2.75) is 41.5 Å². The number of halogens is 1. The third-order valence-corrected chi connectivity index (χ3v) is 1.64. The molecule has 0 aromatic carbocycles. The van der Waals surface area contributed by atoms with Gasteiger partial charge in [0.15, 0.2) is 0 Å². The summed E-state index contributed by atoms with van der Waals surface area (Å²) < 4.78 is 1.15. The van der Waals surface area contributed by atoms with Crippen LogP contribution in [0.25, 0.3) is 0 Å². The lowest BCUT2D eigenvalue weighted by atomic mass is 10.2. The van der Waals surface area contributed by atoms with E-state index >= 15 is 0 Å². The molecule has 0 radical (unpaired) electrons. The van der Waals surface area contributed by atoms with Crippen LogP contribution in [0.2, 0.25) is 0 Å². The van der Waals surface area contributed by atoms with E-state index in [1.54, 1.807) is 6.08 Å². The van der Waals surface area contributed by atoms with Crippen LogP contribution in [-0.4, -0.2) is 0 Å². The van der Waals surface area contributed by atoms with Gasteiger partial charge in [-0.3, -0.25) is 0 Å². The monoisotopic (exact) mass is 260 g/mol. The fourth-order valence-corrected chi connectivity index (χ4v) is 0.533. The van der Waals surface area contributed by atoms with E-state index in [4.69, 9.17) is 0 Å². The van der Waals surface area contributed by atoms with Crippen LogP contribution in [0.1, 0.15) is 41.5 Å². The number of hydrogen-bond donors (Lipinski definition) is 0. The second-order valence-electron chi connectivity index (χ2n) is 2.68. The highest BCUT2D eigenvalue weighted by Crippen LogP contribution is 2.07. The zero-order valence-corrected chi connectivity index (χ0v) is 12.1. The molecule has 0 amide bonds. The molecule has 0 bridgehead atoms. The number of hydrogen-bond acceptors (Lipinski definition) is 0. The van der Waals surface area contributed by atoms with Crippen LogP contribution in [0.15, 0.2) is 35.4 Å². The maximum atomic E-state index is 3.38. The SMILES string of the molecule is C/C=C(Br)\C=C/C(C)C.C=CC.CC. The summed E-state index contributed by atoms with van der Waals surface area (Å²) in [5.41, 5.74) is 0. The topological polar surface area (TPSA) is 0 Å². The minimum Gasteiger partial charge on any atom is -0.103 e. The summed E-state index contributed by atoms with van der Waals surface area (Å²) in [6.07, 6.45) is 8.01. The van der Waals surface area contributed by atoms with Crippen molar-refractivity contribution in [2.24, 2.45) is 5.92 Å². The maximum Gasteiger partial charge on any atom is 0.0129 e. The van der Waals surface area contributed by atoms with Crippen molar-refractivity contribution in [3.63, 3.8) is 0 Å². The Morgan fingerprint density at radius 3 is 1.79 bits per heavy atom. The third-order valence-electron chi connectivity index (χ3n) is 0.916. The van der Waals surface area contributed by atoms with Crippen LogP contribution in [0, 0.1) is 5.92 Å². The second kappa shape index (κ2) is 18.5. The smallest absolute Gasteiger partial charge is 0.0129 e. The van der Waals surface area contributed by atoms with Gasteiger partial charge in [0.25, 0.3) is 0 Å². The van der Waals surface area contributed by atoms with Crippen LogP contribution in [-0.2, 0) is 0 Å². The van der Waals surface area contributed by atoms with Gasteiger partial charge in [-0.1, -0.05) is 67.9 Å². The molecular weight excluding hydrogens is 236 g/mol. The quantitative estimate of drug-likeness (QED) is 0.440. The van der Waals surface area contributed by atoms with Gasteiger partial charge in [-0.05, 0) is 19.8 Å². The largest absolute Gasteiger partial charge is 0.103 e. The molecule has 0 N–H and O–H groups in total. The molecule has 1 heteroatoms. The first-order valence-corrected chi connectivity index (χ1v) is 5.94. The van der Waals surface area contributed by atoms with Crippen molar-refractivity contribution in [1.82, 2.24) is 0 Å². The lowest BCUT2D eigenvalue weighted by Gasteiger charge is -1.91. The molecule has 0 heterocycles. The molecule has 14 heavy (non-hydrogen) atoms. The Hall–Kier alpha value is -0.300. The van der Waals surface area contributed by atoms with Gasteiger partial charge in [-0.2, -0.15) is 0 Å². The molecule has 0 aliphatic heterocycles. The van der Waals surface area contributed by atoms with Crippen LogP contribution in [0.4, 0.5) is 0 Å². The van der Waals surface area contributed by atoms with Crippen molar-refractivity contribution in [2.75, 3.05) is 0 Å². The van der Waals surface area contributed by atoms with E-state index in [1.165, 1.54) is 0 Å². The highest BCUT2D eigenvalue weighted by molar-refractivity contribution is 9.11. The first kappa shape index (κ1) is 19.3. The van der Waals surface area contributed by atoms with E-state index in [2.05, 4.69) is 48.5 Å². The van der Waals surface area contributed by atoms with Crippen LogP contribution in [0.3, 0.4) is 0 Å². The summed E-state index contributed by atoms with van der Waals surface area (Å²) in [6, 6.07) is 0. The summed E-state index contributed by atoms with van der Waals surface area (Å²) >= 11 is 3.38. The predicted octanol–water partition coefficient (Wildman–Crippen LogP) is 5.72. The molecule has 0 spiro atoms. The molecule has 0 saturated heterocycles. The molecule has 0 fully saturated rings. The third kappa shape index (κ3) is 29.8. The minimum atomic E-state index is 0.637. The highest BCUT2D eigenvalue weighted by atomic mass is 79.9. The Morgan fingerprint density at radius 2 is 1.57 bits per heavy atom. The van der Waals surface area contributed by atoms with Crippen LogP contribution >= 0.6 is 15.9 Å². The van der Waals surface area contributed by atoms with Gasteiger partial charge in [0.1, 0.15) is 0 Å². The van der Waals surface area contributed by atoms with E-state index in [0.717, 1.165) is 4.48 Å². The minimum absolute atomic E-state index is 0.637. The molecule has 0 rings (SSSR count). The van der Waals surface area contributed by atoms with Crippen molar-refractivity contribution >= 4 is 15.9 Å². The van der Waals surface area contributed by atoms with Crippen LogP contribution in [0.5, 0.6) is 0 Å². The summed E-state index contributed by atoms with van der Waals surface area (Å²) in [5.74, 6) is 0.637. The first-order valence-electron chi connectivity index (χ1n) is 5.15. The molecule has 0 aliphatic carbocycles. The van der Waals surface area contributed by atoms with E-state index in [1.807, 2.05) is 33.8 Å².